The first-order chi connectivity index (χ1) is 17.6. The molecule has 2 aromatic rings. The van der Waals surface area contributed by atoms with E-state index < -0.39 is 27.0 Å². The second kappa shape index (κ2) is 10.4. The largest absolute Gasteiger partial charge is 0.493 e. The first kappa shape index (κ1) is 26.3. The van der Waals surface area contributed by atoms with Crippen LogP contribution in [0.1, 0.15) is 70.7 Å². The molecule has 1 aliphatic heterocycles. The molecule has 5 rings (SSSR count). The number of likely N-dealkylation sites (tertiary alicyclic amines) is 1. The molecule has 198 valence electrons. The van der Waals surface area contributed by atoms with Crippen LogP contribution in [0.2, 0.25) is 10.0 Å². The highest BCUT2D eigenvalue weighted by Crippen LogP contribution is 2.45. The molecule has 37 heavy (non-hydrogen) atoms. The molecule has 11 heteroatoms. The minimum Gasteiger partial charge on any atom is -0.493 e. The molecule has 0 atom stereocenters. The van der Waals surface area contributed by atoms with Gasteiger partial charge in [-0.2, -0.15) is 0 Å². The van der Waals surface area contributed by atoms with Crippen LogP contribution in [0.4, 0.5) is 4.39 Å². The maximum atomic E-state index is 14.9. The first-order valence-electron chi connectivity index (χ1n) is 12.4. The summed E-state index contributed by atoms with van der Waals surface area (Å²) in [7, 11) is -3.77. The fourth-order valence-corrected chi connectivity index (χ4v) is 6.42. The molecule has 1 N–H and O–H groups in total. The molecule has 2 aliphatic carbocycles. The molecule has 2 aromatic carbocycles. The van der Waals surface area contributed by atoms with E-state index in [0.717, 1.165) is 31.2 Å². The van der Waals surface area contributed by atoms with Gasteiger partial charge >= 0.3 is 0 Å². The van der Waals surface area contributed by atoms with Gasteiger partial charge in [0.05, 0.1) is 17.4 Å². The number of carbonyl (C=O) groups is 2. The van der Waals surface area contributed by atoms with E-state index in [1.807, 2.05) is 4.72 Å². The van der Waals surface area contributed by atoms with Gasteiger partial charge in [-0.25, -0.2) is 17.5 Å². The van der Waals surface area contributed by atoms with Crippen molar-refractivity contribution in [3.8, 4) is 5.75 Å². The molecule has 1 saturated heterocycles. The van der Waals surface area contributed by atoms with E-state index in [-0.39, 0.29) is 23.3 Å². The number of benzene rings is 2. The molecule has 2 amide bonds. The predicted molar refractivity (Wildman–Crippen MR) is 138 cm³/mol. The van der Waals surface area contributed by atoms with Crippen molar-refractivity contribution >= 4 is 45.0 Å². The van der Waals surface area contributed by atoms with Crippen LogP contribution < -0.4 is 9.46 Å². The number of nitrogens with zero attached hydrogens (tertiary/aromatic N) is 1. The zero-order valence-corrected chi connectivity index (χ0v) is 22.3. The number of ether oxygens (including phenoxy) is 1. The average Bonchev–Trinajstić information content (AvgIpc) is 3.74. The number of rotatable bonds is 8. The van der Waals surface area contributed by atoms with E-state index >= 15 is 0 Å². The van der Waals surface area contributed by atoms with Crippen molar-refractivity contribution in [1.82, 2.24) is 9.62 Å². The molecule has 0 aromatic heterocycles. The molecular formula is C26H27Cl2FN2O5S. The molecule has 3 fully saturated rings. The SMILES string of the molecule is O=C(NS(=O)(=O)C1CC1)c1cc(C2CC2)c(OCC2CCN(C(=O)c3cc(Cl)cc(Cl)c3)CC2)cc1F. The molecule has 2 saturated carbocycles. The van der Waals surface area contributed by atoms with Crippen LogP contribution in [-0.2, 0) is 10.0 Å². The lowest BCUT2D eigenvalue weighted by atomic mass is 9.97. The number of piperidine rings is 1. The van der Waals surface area contributed by atoms with Gasteiger partial charge < -0.3 is 9.64 Å². The fraction of sp³-hybridized carbons (Fsp3) is 0.462. The highest BCUT2D eigenvalue weighted by atomic mass is 35.5. The third kappa shape index (κ3) is 6.21. The number of hydrogen-bond donors (Lipinski definition) is 1. The summed E-state index contributed by atoms with van der Waals surface area (Å²) in [5.41, 5.74) is 0.887. The third-order valence-corrected chi connectivity index (χ3v) is 9.30. The zero-order valence-electron chi connectivity index (χ0n) is 20.0. The van der Waals surface area contributed by atoms with Crippen LogP contribution >= 0.6 is 23.2 Å². The van der Waals surface area contributed by atoms with E-state index in [2.05, 4.69) is 0 Å². The van der Waals surface area contributed by atoms with Gasteiger partial charge in [-0.3, -0.25) is 9.59 Å². The van der Waals surface area contributed by atoms with Crippen molar-refractivity contribution in [2.24, 2.45) is 5.92 Å². The number of nitrogens with one attached hydrogen (secondary N) is 1. The van der Waals surface area contributed by atoms with Crippen molar-refractivity contribution in [1.29, 1.82) is 0 Å². The lowest BCUT2D eigenvalue weighted by Crippen LogP contribution is -2.39. The monoisotopic (exact) mass is 568 g/mol. The topological polar surface area (TPSA) is 92.8 Å². The highest BCUT2D eigenvalue weighted by Gasteiger charge is 2.38. The second-order valence-corrected chi connectivity index (χ2v) is 12.9. The van der Waals surface area contributed by atoms with Gasteiger partial charge in [0.1, 0.15) is 11.6 Å². The summed E-state index contributed by atoms with van der Waals surface area (Å²) in [4.78, 5) is 27.1. The van der Waals surface area contributed by atoms with Gasteiger partial charge in [0, 0.05) is 34.8 Å². The van der Waals surface area contributed by atoms with Gasteiger partial charge in [0.15, 0.2) is 0 Å². The highest BCUT2D eigenvalue weighted by molar-refractivity contribution is 7.91. The lowest BCUT2D eigenvalue weighted by Gasteiger charge is -2.32. The molecule has 3 aliphatic rings. The Balaban J connectivity index is 1.20. The Morgan fingerprint density at radius 3 is 2.22 bits per heavy atom. The van der Waals surface area contributed by atoms with Gasteiger partial charge in [-0.15, -0.1) is 0 Å². The number of amides is 2. The number of halogens is 3. The first-order valence-corrected chi connectivity index (χ1v) is 14.7. The Hall–Kier alpha value is -2.36. The van der Waals surface area contributed by atoms with Crippen molar-refractivity contribution in [2.75, 3.05) is 19.7 Å². The Bertz CT molecular complexity index is 1320. The van der Waals surface area contributed by atoms with Gasteiger partial charge in [-0.1, -0.05) is 23.2 Å². The molecule has 0 radical (unpaired) electrons. The van der Waals surface area contributed by atoms with Crippen molar-refractivity contribution in [3.05, 3.63) is 62.9 Å². The standard InChI is InChI=1S/C26H27Cl2FN2O5S/c27-18-9-17(10-19(28)11-18)26(33)31-7-5-15(6-8-31)14-36-24-13-23(29)22(12-21(24)16-1-2-16)25(32)30-37(34,35)20-3-4-20/h9-13,15-16,20H,1-8,14H2,(H,30,32). The van der Waals surface area contributed by atoms with E-state index in [1.165, 1.54) is 12.1 Å². The maximum absolute atomic E-state index is 14.9. The number of sulfonamides is 1. The van der Waals surface area contributed by atoms with E-state index in [0.29, 0.717) is 53.9 Å². The summed E-state index contributed by atoms with van der Waals surface area (Å²) < 4.78 is 47.2. The van der Waals surface area contributed by atoms with Crippen LogP contribution in [0.5, 0.6) is 5.75 Å². The van der Waals surface area contributed by atoms with E-state index in [1.54, 1.807) is 23.1 Å². The second-order valence-electron chi connectivity index (χ2n) is 10.0. The van der Waals surface area contributed by atoms with Crippen LogP contribution in [0.25, 0.3) is 0 Å². The normalized spacial score (nSPS) is 18.5. The van der Waals surface area contributed by atoms with Crippen LogP contribution in [0.15, 0.2) is 30.3 Å². The van der Waals surface area contributed by atoms with Crippen LogP contribution in [0.3, 0.4) is 0 Å². The fourth-order valence-electron chi connectivity index (χ4n) is 4.60. The maximum Gasteiger partial charge on any atom is 0.267 e. The molecule has 0 bridgehead atoms. The summed E-state index contributed by atoms with van der Waals surface area (Å²) in [6, 6.07) is 7.40. The summed E-state index contributed by atoms with van der Waals surface area (Å²) >= 11 is 12.1. The Morgan fingerprint density at radius 1 is 0.973 bits per heavy atom. The molecular weight excluding hydrogens is 542 g/mol. The lowest BCUT2D eigenvalue weighted by molar-refractivity contribution is 0.0660. The number of carbonyl (C=O) groups excluding carboxylic acids is 2. The molecule has 7 nitrogen and oxygen atoms in total. The Labute approximate surface area is 225 Å². The quantitative estimate of drug-likeness (QED) is 0.474. The van der Waals surface area contributed by atoms with Gasteiger partial charge in [0.2, 0.25) is 10.0 Å². The minimum absolute atomic E-state index is 0.126. The van der Waals surface area contributed by atoms with Crippen LogP contribution in [0, 0.1) is 11.7 Å². The average molecular weight is 569 g/mol. The Kier molecular flexibility index (Phi) is 7.40. The smallest absolute Gasteiger partial charge is 0.267 e. The van der Waals surface area contributed by atoms with Crippen molar-refractivity contribution in [3.63, 3.8) is 0 Å². The van der Waals surface area contributed by atoms with E-state index in [4.69, 9.17) is 27.9 Å². The minimum atomic E-state index is -3.77. The van der Waals surface area contributed by atoms with Crippen molar-refractivity contribution < 1.29 is 27.1 Å². The number of hydrogen-bond acceptors (Lipinski definition) is 5. The summed E-state index contributed by atoms with van der Waals surface area (Å²) in [5, 5.41) is 0.242. The van der Waals surface area contributed by atoms with Gasteiger partial charge in [-0.05, 0) is 80.2 Å². The molecule has 0 unspecified atom stereocenters. The summed E-state index contributed by atoms with van der Waals surface area (Å²) in [6.45, 7) is 1.45. The van der Waals surface area contributed by atoms with Crippen LogP contribution in [-0.4, -0.2) is 50.1 Å². The third-order valence-electron chi connectivity index (χ3n) is 7.05. The predicted octanol–water partition coefficient (Wildman–Crippen LogP) is 5.16. The molecule has 0 spiro atoms. The van der Waals surface area contributed by atoms with E-state index in [9.17, 15) is 22.4 Å². The Morgan fingerprint density at radius 2 is 1.62 bits per heavy atom. The molecule has 1 heterocycles. The summed E-state index contributed by atoms with van der Waals surface area (Å²) in [6.07, 6.45) is 4.26. The zero-order chi connectivity index (χ0) is 26.3. The van der Waals surface area contributed by atoms with Gasteiger partial charge in [0.25, 0.3) is 11.8 Å². The van der Waals surface area contributed by atoms with Crippen molar-refractivity contribution in [2.45, 2.75) is 49.7 Å². The summed E-state index contributed by atoms with van der Waals surface area (Å²) in [5.74, 6) is -1.17.